The quantitative estimate of drug-likeness (QED) is 0.776. The highest BCUT2D eigenvalue weighted by atomic mass is 32.2. The Kier molecular flexibility index (Phi) is 2.98. The van der Waals surface area contributed by atoms with E-state index >= 15 is 0 Å². The van der Waals surface area contributed by atoms with Crippen molar-refractivity contribution < 1.29 is 23.4 Å². The number of carbonyl (C=O) groups is 1. The Bertz CT molecular complexity index is 421. The lowest BCUT2D eigenvalue weighted by molar-refractivity contribution is -0.151. The second kappa shape index (κ2) is 3.95. The second-order valence-corrected chi connectivity index (χ2v) is 7.72. The molecule has 0 aromatic heterocycles. The van der Waals surface area contributed by atoms with Crippen LogP contribution in [0.25, 0.3) is 0 Å². The highest BCUT2D eigenvalue weighted by Crippen LogP contribution is 2.45. The van der Waals surface area contributed by atoms with E-state index in [2.05, 4.69) is 0 Å². The minimum Gasteiger partial charge on any atom is -0.481 e. The van der Waals surface area contributed by atoms with Crippen LogP contribution in [0.1, 0.15) is 38.5 Å². The number of aliphatic carboxylic acids is 1. The normalized spacial score (nSPS) is 34.9. The lowest BCUT2D eigenvalue weighted by Gasteiger charge is -2.32. The zero-order chi connectivity index (χ0) is 12.7. The molecule has 1 saturated carbocycles. The van der Waals surface area contributed by atoms with Crippen molar-refractivity contribution >= 4 is 15.8 Å². The monoisotopic (exact) mass is 262 g/mol. The smallest absolute Gasteiger partial charge is 0.310 e. The number of hydrogen-bond donors (Lipinski definition) is 2. The zero-order valence-corrected chi connectivity index (χ0v) is 10.5. The molecule has 1 aliphatic carbocycles. The summed E-state index contributed by atoms with van der Waals surface area (Å²) < 4.78 is 23.0. The maximum atomic E-state index is 11.5. The van der Waals surface area contributed by atoms with Crippen molar-refractivity contribution in [1.82, 2.24) is 0 Å². The van der Waals surface area contributed by atoms with Crippen molar-refractivity contribution in [2.75, 3.05) is 11.5 Å². The van der Waals surface area contributed by atoms with Crippen molar-refractivity contribution in [3.05, 3.63) is 0 Å². The second-order valence-electron chi connectivity index (χ2n) is 5.54. The van der Waals surface area contributed by atoms with E-state index in [1.165, 1.54) is 0 Å². The summed E-state index contributed by atoms with van der Waals surface area (Å²) in [6.07, 6.45) is 3.16. The van der Waals surface area contributed by atoms with E-state index in [0.717, 1.165) is 12.8 Å². The largest absolute Gasteiger partial charge is 0.481 e. The third-order valence-electron chi connectivity index (χ3n) is 4.04. The van der Waals surface area contributed by atoms with Crippen LogP contribution in [0.15, 0.2) is 0 Å². The van der Waals surface area contributed by atoms with Crippen LogP contribution in [-0.4, -0.2) is 41.7 Å². The van der Waals surface area contributed by atoms with E-state index in [-0.39, 0.29) is 24.3 Å². The van der Waals surface area contributed by atoms with Gasteiger partial charge in [-0.15, -0.1) is 0 Å². The number of carboxylic acids is 1. The highest BCUT2D eigenvalue weighted by Gasteiger charge is 2.52. The van der Waals surface area contributed by atoms with E-state index in [0.29, 0.717) is 12.8 Å². The average Bonchev–Trinajstić information content (AvgIpc) is 2.72. The van der Waals surface area contributed by atoms with Gasteiger partial charge in [0.2, 0.25) is 0 Å². The van der Waals surface area contributed by atoms with Crippen molar-refractivity contribution in [3.63, 3.8) is 0 Å². The molecule has 0 radical (unpaired) electrons. The van der Waals surface area contributed by atoms with Gasteiger partial charge in [-0.1, -0.05) is 12.8 Å². The SMILES string of the molecule is O=C(O)C1(CC2(O)CCCC2)CCS(=O)(=O)C1. The third-order valence-corrected chi connectivity index (χ3v) is 5.86. The molecule has 5 nitrogen and oxygen atoms in total. The topological polar surface area (TPSA) is 91.7 Å². The Morgan fingerprint density at radius 1 is 1.18 bits per heavy atom. The third kappa shape index (κ3) is 2.47. The van der Waals surface area contributed by atoms with Gasteiger partial charge in [0, 0.05) is 0 Å². The molecule has 1 aliphatic heterocycles. The molecule has 0 aromatic carbocycles. The van der Waals surface area contributed by atoms with Crippen LogP contribution in [0, 0.1) is 5.41 Å². The van der Waals surface area contributed by atoms with Gasteiger partial charge in [-0.2, -0.15) is 0 Å². The van der Waals surface area contributed by atoms with E-state index < -0.39 is 26.8 Å². The van der Waals surface area contributed by atoms with E-state index in [1.807, 2.05) is 0 Å². The van der Waals surface area contributed by atoms with Gasteiger partial charge < -0.3 is 10.2 Å². The van der Waals surface area contributed by atoms with Gasteiger partial charge in [0.15, 0.2) is 9.84 Å². The molecular formula is C11H18O5S. The van der Waals surface area contributed by atoms with E-state index in [9.17, 15) is 23.4 Å². The van der Waals surface area contributed by atoms with E-state index in [4.69, 9.17) is 0 Å². The predicted molar refractivity (Wildman–Crippen MR) is 61.4 cm³/mol. The fourth-order valence-corrected chi connectivity index (χ4v) is 5.20. The number of rotatable bonds is 3. The molecule has 1 atom stereocenters. The van der Waals surface area contributed by atoms with Gasteiger partial charge in [0.25, 0.3) is 0 Å². The molecule has 0 spiro atoms. The Morgan fingerprint density at radius 2 is 1.76 bits per heavy atom. The van der Waals surface area contributed by atoms with Gasteiger partial charge in [-0.25, -0.2) is 8.42 Å². The van der Waals surface area contributed by atoms with Crippen molar-refractivity contribution in [2.24, 2.45) is 5.41 Å². The predicted octanol–water partition coefficient (Wildman–Crippen LogP) is 0.571. The summed E-state index contributed by atoms with van der Waals surface area (Å²) in [5, 5.41) is 19.6. The number of aliphatic hydroxyl groups is 1. The summed E-state index contributed by atoms with van der Waals surface area (Å²) in [7, 11) is -3.26. The average molecular weight is 262 g/mol. The molecule has 2 aliphatic rings. The molecule has 1 heterocycles. The maximum absolute atomic E-state index is 11.5. The van der Waals surface area contributed by atoms with Crippen molar-refractivity contribution in [2.45, 2.75) is 44.1 Å². The lowest BCUT2D eigenvalue weighted by Crippen LogP contribution is -2.41. The summed E-state index contributed by atoms with van der Waals surface area (Å²) >= 11 is 0. The van der Waals surface area contributed by atoms with Crippen LogP contribution in [0.2, 0.25) is 0 Å². The summed E-state index contributed by atoms with van der Waals surface area (Å²) in [6, 6.07) is 0. The van der Waals surface area contributed by atoms with Crippen LogP contribution in [-0.2, 0) is 14.6 Å². The first-order valence-corrected chi connectivity index (χ1v) is 7.75. The standard InChI is InChI=1S/C11H18O5S/c12-9(13)10(5-6-17(15,16)8-10)7-11(14)3-1-2-4-11/h14H,1-8H2,(H,12,13). The van der Waals surface area contributed by atoms with E-state index in [1.54, 1.807) is 0 Å². The number of sulfone groups is 1. The van der Waals surface area contributed by atoms with Gasteiger partial charge in [-0.05, 0) is 25.7 Å². The fraction of sp³-hybridized carbons (Fsp3) is 0.909. The zero-order valence-electron chi connectivity index (χ0n) is 9.68. The minimum absolute atomic E-state index is 0.0740. The molecule has 1 saturated heterocycles. The van der Waals surface area contributed by atoms with Crippen molar-refractivity contribution in [1.29, 1.82) is 0 Å². The van der Waals surface area contributed by atoms with Gasteiger partial charge in [0.1, 0.15) is 0 Å². The number of hydrogen-bond acceptors (Lipinski definition) is 4. The molecule has 2 N–H and O–H groups in total. The summed E-state index contributed by atoms with van der Waals surface area (Å²) in [6.45, 7) is 0. The first-order chi connectivity index (χ1) is 7.77. The van der Waals surface area contributed by atoms with Crippen LogP contribution >= 0.6 is 0 Å². The number of carboxylic acid groups (broad SMARTS) is 1. The first-order valence-electron chi connectivity index (χ1n) is 5.93. The molecule has 2 rings (SSSR count). The summed E-state index contributed by atoms with van der Waals surface area (Å²) in [5.74, 6) is -1.48. The molecule has 17 heavy (non-hydrogen) atoms. The maximum Gasteiger partial charge on any atom is 0.310 e. The Labute approximate surface area is 101 Å². The van der Waals surface area contributed by atoms with Gasteiger partial charge >= 0.3 is 5.97 Å². The van der Waals surface area contributed by atoms with Crippen LogP contribution in [0.5, 0.6) is 0 Å². The van der Waals surface area contributed by atoms with Crippen LogP contribution in [0.3, 0.4) is 0 Å². The van der Waals surface area contributed by atoms with Crippen LogP contribution in [0.4, 0.5) is 0 Å². The molecular weight excluding hydrogens is 244 g/mol. The summed E-state index contributed by atoms with van der Waals surface area (Å²) in [4.78, 5) is 11.4. The Hall–Kier alpha value is -0.620. The van der Waals surface area contributed by atoms with Gasteiger partial charge in [-0.3, -0.25) is 4.79 Å². The Balaban J connectivity index is 2.22. The first kappa shape index (κ1) is 12.8. The Morgan fingerprint density at radius 3 is 2.18 bits per heavy atom. The van der Waals surface area contributed by atoms with Crippen LogP contribution < -0.4 is 0 Å². The molecule has 6 heteroatoms. The van der Waals surface area contributed by atoms with Gasteiger partial charge in [0.05, 0.1) is 22.5 Å². The lowest BCUT2D eigenvalue weighted by atomic mass is 9.76. The fourth-order valence-electron chi connectivity index (χ4n) is 3.14. The molecule has 98 valence electrons. The van der Waals surface area contributed by atoms with Crippen molar-refractivity contribution in [3.8, 4) is 0 Å². The molecule has 1 unspecified atom stereocenters. The summed E-state index contributed by atoms with van der Waals surface area (Å²) in [5.41, 5.74) is -2.24. The minimum atomic E-state index is -3.26. The highest BCUT2D eigenvalue weighted by molar-refractivity contribution is 7.91. The molecule has 0 aromatic rings. The molecule has 0 bridgehead atoms. The molecule has 2 fully saturated rings. The molecule has 0 amide bonds.